The Hall–Kier alpha value is -4.31. The number of unbranched alkanes of at least 4 members (excludes halogenated alkanes) is 3. The third kappa shape index (κ3) is 12.4. The number of ether oxygens (including phenoxy) is 2. The van der Waals surface area contributed by atoms with Gasteiger partial charge in [0.15, 0.2) is 5.71 Å². The van der Waals surface area contributed by atoms with Gasteiger partial charge in [0.25, 0.3) is 20.2 Å². The van der Waals surface area contributed by atoms with Crippen LogP contribution in [0.2, 0.25) is 0 Å². The second-order valence-electron chi connectivity index (χ2n) is 18.2. The lowest BCUT2D eigenvalue weighted by atomic mass is 9.81. The molecule has 2 saturated heterocycles. The van der Waals surface area contributed by atoms with Crippen LogP contribution >= 0.6 is 11.8 Å². The van der Waals surface area contributed by atoms with Crippen molar-refractivity contribution < 1.29 is 54.4 Å². The van der Waals surface area contributed by atoms with E-state index in [1.807, 2.05) is 69.3 Å². The summed E-state index contributed by atoms with van der Waals surface area (Å²) in [6.45, 7) is 10.8. The van der Waals surface area contributed by atoms with E-state index in [2.05, 4.69) is 26.2 Å². The van der Waals surface area contributed by atoms with E-state index in [-0.39, 0.29) is 39.7 Å². The fourth-order valence-electron chi connectivity index (χ4n) is 9.29. The minimum absolute atomic E-state index is 0.000353. The Morgan fingerprint density at radius 1 is 0.833 bits per heavy atom. The lowest BCUT2D eigenvalue weighted by molar-refractivity contribution is -0.401. The number of carbonyl (C=O) groups is 3. The molecule has 4 amide bonds. The standard InChI is InChI=1S/C46H64N6O11S3/c1-45(2)33-28-31(65(56,57)58)17-19-36(33)51(5)39(45)13-11-14-40-46(3,4)34-29-32(66(59,60)61)18-20-37(34)52(40)23-10-6-7-15-41(53)47-21-24-62-26-27-63-25-22-48-42(54)16-9-8-12-38-43-35(30-64-38)49-44(55)50-43/h11,13-14,17-20,28-29,35,38,43H,6-10,12,15-16,21-27,30H2,1-5H3,(H5-,47,48,49,50,53,54,55,56,57,58,59,60,61)/p+1/t35-,38-,43-/m0/s1. The molecule has 66 heavy (non-hydrogen) atoms. The van der Waals surface area contributed by atoms with E-state index in [0.717, 1.165) is 71.8 Å². The van der Waals surface area contributed by atoms with Crippen molar-refractivity contribution in [1.29, 1.82) is 0 Å². The summed E-state index contributed by atoms with van der Waals surface area (Å²) in [5.74, 6) is 0.862. The van der Waals surface area contributed by atoms with Crippen LogP contribution < -0.4 is 26.2 Å². The topological polar surface area (TPSA) is 233 Å². The average Bonchev–Trinajstić information content (AvgIpc) is 3.92. The molecule has 0 radical (unpaired) electrons. The van der Waals surface area contributed by atoms with Crippen molar-refractivity contribution in [3.63, 3.8) is 0 Å². The van der Waals surface area contributed by atoms with E-state index in [1.165, 1.54) is 24.3 Å². The van der Waals surface area contributed by atoms with Gasteiger partial charge in [0, 0.05) is 78.0 Å². The van der Waals surface area contributed by atoms with Crippen molar-refractivity contribution in [2.45, 2.75) is 117 Å². The Kier molecular flexibility index (Phi) is 16.8. The van der Waals surface area contributed by atoms with Gasteiger partial charge in [-0.05, 0) is 81.5 Å². The molecule has 3 atom stereocenters. The molecular formula is C46H65N6O11S3+. The van der Waals surface area contributed by atoms with E-state index in [9.17, 15) is 40.3 Å². The maximum absolute atomic E-state index is 12.6. The molecule has 0 bridgehead atoms. The molecule has 17 nitrogen and oxygen atoms in total. The zero-order valence-corrected chi connectivity index (χ0v) is 40.9. The Morgan fingerprint density at radius 2 is 1.44 bits per heavy atom. The molecule has 4 heterocycles. The van der Waals surface area contributed by atoms with E-state index in [4.69, 9.17) is 9.47 Å². The van der Waals surface area contributed by atoms with Gasteiger partial charge in [0.05, 0.1) is 53.7 Å². The van der Waals surface area contributed by atoms with Crippen LogP contribution in [0.1, 0.15) is 90.2 Å². The fraction of sp³-hybridized carbons (Fsp3) is 0.565. The van der Waals surface area contributed by atoms with Crippen molar-refractivity contribution >= 4 is 66.9 Å². The van der Waals surface area contributed by atoms with E-state index in [1.54, 1.807) is 12.1 Å². The summed E-state index contributed by atoms with van der Waals surface area (Å²) in [5, 5.41) is 12.1. The van der Waals surface area contributed by atoms with Crippen molar-refractivity contribution in [3.05, 3.63) is 71.5 Å². The number of nitrogens with one attached hydrogen (secondary N) is 4. The molecule has 4 aliphatic heterocycles. The van der Waals surface area contributed by atoms with Crippen molar-refractivity contribution in [2.24, 2.45) is 0 Å². The number of thioether (sulfide) groups is 1. The van der Waals surface area contributed by atoms with Gasteiger partial charge in [0.1, 0.15) is 7.05 Å². The molecule has 2 fully saturated rings. The normalized spacial score (nSPS) is 21.3. The Balaban J connectivity index is 0.885. The Bertz CT molecular complexity index is 2450. The molecule has 2 aromatic rings. The summed E-state index contributed by atoms with van der Waals surface area (Å²) in [5.41, 5.74) is 3.75. The highest BCUT2D eigenvalue weighted by Gasteiger charge is 2.45. The molecule has 6 N–H and O–H groups in total. The van der Waals surface area contributed by atoms with Gasteiger partial charge >= 0.3 is 6.03 Å². The van der Waals surface area contributed by atoms with Crippen molar-refractivity contribution in [1.82, 2.24) is 21.3 Å². The number of amides is 4. The number of anilines is 1. The molecule has 0 spiro atoms. The minimum Gasteiger partial charge on any atom is -0.377 e. The molecule has 0 unspecified atom stereocenters. The molecule has 4 aliphatic rings. The summed E-state index contributed by atoms with van der Waals surface area (Å²) in [7, 11) is -6.92. The van der Waals surface area contributed by atoms with Crippen LogP contribution in [0.5, 0.6) is 0 Å². The van der Waals surface area contributed by atoms with Crippen LogP contribution in [0.15, 0.2) is 70.1 Å². The SMILES string of the molecule is C[N+]1=C(/C=C/C=C2/N(CCCCCC(=O)NCCOCCOCCNC(=O)CCCC[C@@H]3SC[C@@H]4NC(=O)N[C@@H]43)c3ccc(S(=O)(=O)O)cc3C2(C)C)C(C)(C)c2cc(S(=O)(=O)O)ccc21. The van der Waals surface area contributed by atoms with Crippen LogP contribution in [0, 0.1) is 0 Å². The molecule has 6 rings (SSSR count). The third-order valence-corrected chi connectivity index (χ3v) is 16.1. The summed E-state index contributed by atoms with van der Waals surface area (Å²) < 4.78 is 80.8. The van der Waals surface area contributed by atoms with Crippen molar-refractivity contribution in [2.75, 3.05) is 63.8 Å². The molecular weight excluding hydrogens is 909 g/mol. The number of rotatable bonds is 24. The first-order chi connectivity index (χ1) is 31.2. The molecule has 20 heteroatoms. The first-order valence-corrected chi connectivity index (χ1v) is 26.5. The van der Waals surface area contributed by atoms with Crippen LogP contribution in [-0.2, 0) is 50.1 Å². The number of fused-ring (bicyclic) bond motifs is 3. The first kappa shape index (κ1) is 51.1. The zero-order valence-electron chi connectivity index (χ0n) is 38.4. The molecule has 362 valence electrons. The van der Waals surface area contributed by atoms with Gasteiger partial charge in [0.2, 0.25) is 17.5 Å². The van der Waals surface area contributed by atoms with Crippen LogP contribution in [0.4, 0.5) is 16.2 Å². The third-order valence-electron chi connectivity index (χ3n) is 12.8. The zero-order chi connectivity index (χ0) is 47.9. The average molecular weight is 974 g/mol. The largest absolute Gasteiger partial charge is 0.377 e. The number of carbonyl (C=O) groups excluding carboxylic acids is 3. The highest BCUT2D eigenvalue weighted by atomic mass is 32.2. The fourth-order valence-corrected chi connectivity index (χ4v) is 11.8. The van der Waals surface area contributed by atoms with Crippen LogP contribution in [0.3, 0.4) is 0 Å². The van der Waals surface area contributed by atoms with Crippen molar-refractivity contribution in [3.8, 4) is 0 Å². The number of allylic oxidation sites excluding steroid dienone is 4. The van der Waals surface area contributed by atoms with E-state index < -0.39 is 31.1 Å². The van der Waals surface area contributed by atoms with E-state index >= 15 is 0 Å². The Labute approximate surface area is 393 Å². The highest BCUT2D eigenvalue weighted by molar-refractivity contribution is 8.00. The quantitative estimate of drug-likeness (QED) is 0.0354. The maximum Gasteiger partial charge on any atom is 0.315 e. The second kappa shape index (κ2) is 21.8. The predicted molar refractivity (Wildman–Crippen MR) is 254 cm³/mol. The summed E-state index contributed by atoms with van der Waals surface area (Å²) in [6.07, 6.45) is 11.6. The van der Waals surface area contributed by atoms with Gasteiger partial charge in [-0.3, -0.25) is 18.7 Å². The molecule has 0 saturated carbocycles. The summed E-state index contributed by atoms with van der Waals surface area (Å²) in [4.78, 5) is 38.1. The smallest absolute Gasteiger partial charge is 0.315 e. The highest BCUT2D eigenvalue weighted by Crippen LogP contribution is 2.49. The number of urea groups is 1. The van der Waals surface area contributed by atoms with Crippen LogP contribution in [-0.4, -0.2) is 130 Å². The lowest BCUT2D eigenvalue weighted by Gasteiger charge is -2.27. The van der Waals surface area contributed by atoms with Gasteiger partial charge < -0.3 is 35.6 Å². The molecule has 2 aromatic carbocycles. The monoisotopic (exact) mass is 973 g/mol. The number of nitrogens with zero attached hydrogens (tertiary/aromatic N) is 2. The van der Waals surface area contributed by atoms with Gasteiger partial charge in [-0.2, -0.15) is 33.2 Å². The summed E-state index contributed by atoms with van der Waals surface area (Å²) >= 11 is 1.88. The Morgan fingerprint density at radius 3 is 2.08 bits per heavy atom. The lowest BCUT2D eigenvalue weighted by Crippen LogP contribution is -2.36. The van der Waals surface area contributed by atoms with Gasteiger partial charge in [-0.15, -0.1) is 0 Å². The summed E-state index contributed by atoms with van der Waals surface area (Å²) in [6, 6.07) is 9.52. The second-order valence-corrected chi connectivity index (χ2v) is 22.3. The van der Waals surface area contributed by atoms with Gasteiger partial charge in [-0.25, -0.2) is 4.79 Å². The van der Waals surface area contributed by atoms with Crippen LogP contribution in [0.25, 0.3) is 0 Å². The number of benzene rings is 2. The molecule has 0 aliphatic carbocycles. The number of hydrogen-bond acceptors (Lipinski definition) is 11. The predicted octanol–water partition coefficient (Wildman–Crippen LogP) is 4.98. The van der Waals surface area contributed by atoms with Gasteiger partial charge in [-0.1, -0.05) is 32.8 Å². The maximum atomic E-state index is 12.6. The minimum atomic E-state index is -4.44. The first-order valence-electron chi connectivity index (χ1n) is 22.6. The van der Waals surface area contributed by atoms with E-state index in [0.29, 0.717) is 70.6 Å². The number of hydrogen-bond donors (Lipinski definition) is 6. The molecule has 0 aromatic heterocycles.